The van der Waals surface area contributed by atoms with E-state index in [-0.39, 0.29) is 57.1 Å². The van der Waals surface area contributed by atoms with E-state index in [4.69, 9.17) is 0 Å². The van der Waals surface area contributed by atoms with E-state index in [1.165, 1.54) is 24.3 Å². The first-order chi connectivity index (χ1) is 6.47. The molecule has 0 aromatic heterocycles. The molecule has 0 aliphatic carbocycles. The van der Waals surface area contributed by atoms with Crippen molar-refractivity contribution in [3.8, 4) is 5.75 Å². The first-order valence-corrected chi connectivity index (χ1v) is 3.59. The zero-order valence-corrected chi connectivity index (χ0v) is 10.9. The Balaban J connectivity index is 0.00000196. The Morgan fingerprint density at radius 2 is 1.67 bits per heavy atom. The molecule has 0 unspecified atom stereocenters. The van der Waals surface area contributed by atoms with Crippen LogP contribution in [0.15, 0.2) is 30.3 Å². The Labute approximate surface area is 127 Å². The molecule has 0 N–H and O–H groups in total. The van der Waals surface area contributed by atoms with Gasteiger partial charge in [-0.25, -0.2) is 0 Å². The molecule has 1 aromatic rings. The van der Waals surface area contributed by atoms with Crippen molar-refractivity contribution in [3.63, 3.8) is 0 Å². The summed E-state index contributed by atoms with van der Waals surface area (Å²) in [6.07, 6.45) is -4.98. The molecule has 1 aromatic carbocycles. The molecular weight excluding hydrogens is 239 g/mol. The normalized spacial score (nSPS) is 10.4. The van der Waals surface area contributed by atoms with Crippen molar-refractivity contribution in [1.29, 1.82) is 0 Å². The summed E-state index contributed by atoms with van der Waals surface area (Å²) >= 11 is 0. The number of hydrogen-bond donors (Lipinski definition) is 0. The van der Waals surface area contributed by atoms with Crippen LogP contribution in [0.4, 0.5) is 13.2 Å². The summed E-state index contributed by atoms with van der Waals surface area (Å²) in [7, 11) is -2.60. The van der Waals surface area contributed by atoms with Gasteiger partial charge in [-0.15, -0.1) is 13.2 Å². The van der Waals surface area contributed by atoms with E-state index < -0.39 is 13.7 Å². The Kier molecular flexibility index (Phi) is 7.09. The molecule has 0 bridgehead atoms. The van der Waals surface area contributed by atoms with E-state index >= 15 is 0 Å². The van der Waals surface area contributed by atoms with Crippen molar-refractivity contribution in [1.82, 2.24) is 0 Å². The SMILES string of the molecule is [K+].[O-]B(Oc1ccccc1)OC(F)(F)F. The Morgan fingerprint density at radius 1 is 1.13 bits per heavy atom. The monoisotopic (exact) mass is 244 g/mol. The molecule has 3 nitrogen and oxygen atoms in total. The van der Waals surface area contributed by atoms with Crippen molar-refractivity contribution in [3.05, 3.63) is 30.3 Å². The molecule has 0 aliphatic rings. The third-order valence-corrected chi connectivity index (χ3v) is 1.21. The molecule has 0 amide bonds. The van der Waals surface area contributed by atoms with Gasteiger partial charge < -0.3 is 14.3 Å². The molecule has 0 atom stereocenters. The molecular formula is C7H5BF3KO3. The van der Waals surface area contributed by atoms with Crippen LogP contribution in [0.3, 0.4) is 0 Å². The van der Waals surface area contributed by atoms with Crippen LogP contribution >= 0.6 is 0 Å². The minimum atomic E-state index is -4.98. The van der Waals surface area contributed by atoms with E-state index in [9.17, 15) is 18.2 Å². The van der Waals surface area contributed by atoms with Crippen molar-refractivity contribution < 1.29 is 78.9 Å². The van der Waals surface area contributed by atoms with E-state index in [2.05, 4.69) is 9.31 Å². The van der Waals surface area contributed by atoms with Gasteiger partial charge >= 0.3 is 65.1 Å². The van der Waals surface area contributed by atoms with Crippen LogP contribution in [0, 0.1) is 0 Å². The minimum absolute atomic E-state index is 0. The predicted molar refractivity (Wildman–Crippen MR) is 40.0 cm³/mol. The number of rotatable bonds is 3. The van der Waals surface area contributed by atoms with Gasteiger partial charge in [0.25, 0.3) is 0 Å². The summed E-state index contributed by atoms with van der Waals surface area (Å²) in [4.78, 5) is 0. The third-order valence-electron chi connectivity index (χ3n) is 1.21. The summed E-state index contributed by atoms with van der Waals surface area (Å²) < 4.78 is 41.9. The molecule has 15 heavy (non-hydrogen) atoms. The van der Waals surface area contributed by atoms with Gasteiger partial charge in [0.15, 0.2) is 0 Å². The molecule has 0 radical (unpaired) electrons. The third kappa shape index (κ3) is 7.34. The fourth-order valence-corrected chi connectivity index (χ4v) is 0.743. The van der Waals surface area contributed by atoms with Gasteiger partial charge in [-0.05, 0) is 12.1 Å². The molecule has 8 heteroatoms. The molecule has 76 valence electrons. The molecule has 0 saturated carbocycles. The summed E-state index contributed by atoms with van der Waals surface area (Å²) in [6.45, 7) is 0. The Hall–Kier alpha value is 0.431. The number of benzene rings is 1. The summed E-state index contributed by atoms with van der Waals surface area (Å²) in [6, 6.07) is 7.39. The fraction of sp³-hybridized carbons (Fsp3) is 0.143. The van der Waals surface area contributed by atoms with Gasteiger partial charge in [0.1, 0.15) is 0 Å². The molecule has 0 spiro atoms. The maximum atomic E-state index is 11.5. The second-order valence-electron chi connectivity index (χ2n) is 2.28. The van der Waals surface area contributed by atoms with Gasteiger partial charge in [-0.2, -0.15) is 0 Å². The predicted octanol–water partition coefficient (Wildman–Crippen LogP) is -2.05. The summed E-state index contributed by atoms with van der Waals surface area (Å²) in [5.74, 6) is 0.0248. The molecule has 0 heterocycles. The standard InChI is InChI=1S/C7H5BF3O3.K/c9-7(10,11)14-8(12)13-6-4-2-1-3-5-6;/h1-5H;/q-1;+1. The van der Waals surface area contributed by atoms with Crippen molar-refractivity contribution in [2.75, 3.05) is 0 Å². The maximum absolute atomic E-state index is 11.5. The Bertz CT molecular complexity index is 283. The fourth-order valence-electron chi connectivity index (χ4n) is 0.743. The van der Waals surface area contributed by atoms with E-state index in [0.717, 1.165) is 0 Å². The van der Waals surface area contributed by atoms with Gasteiger partial charge in [0, 0.05) is 0 Å². The quantitative estimate of drug-likeness (QED) is 0.575. The van der Waals surface area contributed by atoms with Crippen molar-refractivity contribution in [2.24, 2.45) is 0 Å². The van der Waals surface area contributed by atoms with Gasteiger partial charge in [-0.3, -0.25) is 0 Å². The van der Waals surface area contributed by atoms with Crippen LogP contribution in [0.1, 0.15) is 0 Å². The van der Waals surface area contributed by atoms with Crippen LogP contribution in [-0.2, 0) is 4.65 Å². The molecule has 1 rings (SSSR count). The zero-order valence-electron chi connectivity index (χ0n) is 7.82. The van der Waals surface area contributed by atoms with E-state index in [1.54, 1.807) is 6.07 Å². The second-order valence-corrected chi connectivity index (χ2v) is 2.28. The first kappa shape index (κ1) is 15.4. The molecule has 0 fully saturated rings. The Morgan fingerprint density at radius 3 is 2.13 bits per heavy atom. The number of alkyl halides is 3. The summed E-state index contributed by atoms with van der Waals surface area (Å²) in [5.41, 5.74) is 0. The van der Waals surface area contributed by atoms with Crippen LogP contribution in [-0.4, -0.2) is 13.7 Å². The molecule has 0 saturated heterocycles. The van der Waals surface area contributed by atoms with E-state index in [1.807, 2.05) is 0 Å². The number of para-hydroxylation sites is 1. The van der Waals surface area contributed by atoms with Crippen molar-refractivity contribution in [2.45, 2.75) is 6.36 Å². The van der Waals surface area contributed by atoms with Crippen LogP contribution in [0.25, 0.3) is 0 Å². The van der Waals surface area contributed by atoms with E-state index in [0.29, 0.717) is 0 Å². The van der Waals surface area contributed by atoms with Crippen LogP contribution in [0.5, 0.6) is 5.75 Å². The summed E-state index contributed by atoms with van der Waals surface area (Å²) in [5, 5.41) is 10.5. The van der Waals surface area contributed by atoms with Crippen molar-refractivity contribution >= 4 is 7.32 Å². The smallest absolute Gasteiger partial charge is 0.820 e. The second kappa shape index (κ2) is 6.90. The zero-order chi connectivity index (χ0) is 10.6. The average molecular weight is 244 g/mol. The minimum Gasteiger partial charge on any atom is -0.820 e. The largest absolute Gasteiger partial charge is 1.00 e. The number of hydrogen-bond acceptors (Lipinski definition) is 3. The van der Waals surface area contributed by atoms with Gasteiger partial charge in [0.05, 0.1) is 5.75 Å². The molecule has 0 aliphatic heterocycles. The topological polar surface area (TPSA) is 41.5 Å². The van der Waals surface area contributed by atoms with Crippen LogP contribution in [0.2, 0.25) is 0 Å². The van der Waals surface area contributed by atoms with Gasteiger partial charge in [0.2, 0.25) is 0 Å². The first-order valence-electron chi connectivity index (χ1n) is 3.59. The van der Waals surface area contributed by atoms with Crippen LogP contribution < -0.4 is 61.1 Å². The number of halogens is 3. The van der Waals surface area contributed by atoms with Gasteiger partial charge in [-0.1, -0.05) is 18.2 Å². The maximum Gasteiger partial charge on any atom is 1.00 e. The average Bonchev–Trinajstić information content (AvgIpc) is 2.02.